The molecular weight excluding hydrogens is 284 g/mol. The van der Waals surface area contributed by atoms with Crippen LogP contribution in [0.1, 0.15) is 0 Å². The molecule has 20 heavy (non-hydrogen) atoms. The van der Waals surface area contributed by atoms with Crippen molar-refractivity contribution in [2.45, 2.75) is 0 Å². The van der Waals surface area contributed by atoms with Gasteiger partial charge in [-0.2, -0.15) is 0 Å². The first kappa shape index (κ1) is 14.4. The first-order valence-electron chi connectivity index (χ1n) is 5.85. The van der Waals surface area contributed by atoms with E-state index in [9.17, 15) is 9.59 Å². The molecule has 2 N–H and O–H groups in total. The van der Waals surface area contributed by atoms with Gasteiger partial charge in [0.25, 0.3) is 11.8 Å². The molecule has 1 aromatic rings. The lowest BCUT2D eigenvalue weighted by Gasteiger charge is -2.14. The van der Waals surface area contributed by atoms with Crippen LogP contribution in [0.15, 0.2) is 30.0 Å². The van der Waals surface area contributed by atoms with E-state index in [2.05, 4.69) is 5.32 Å². The highest BCUT2D eigenvalue weighted by atomic mass is 35.5. The molecule has 0 aromatic heterocycles. The molecule has 0 fully saturated rings. The monoisotopic (exact) mass is 296 g/mol. The van der Waals surface area contributed by atoms with Gasteiger partial charge in [-0.25, -0.2) is 0 Å². The molecule has 7 heteroatoms. The lowest BCUT2D eigenvalue weighted by molar-refractivity contribution is -0.137. The molecule has 106 valence electrons. The number of β-amino-alcohol motifs (C(OH)–C–C–N with tert-alkyl or cyclic N) is 1. The fraction of sp³-hybridized carbons (Fsp3) is 0.231. The molecule has 0 saturated carbocycles. The van der Waals surface area contributed by atoms with Crippen LogP contribution in [-0.4, -0.2) is 42.1 Å². The highest BCUT2D eigenvalue weighted by molar-refractivity contribution is 6.33. The molecule has 0 bridgehead atoms. The van der Waals surface area contributed by atoms with Gasteiger partial charge in [-0.05, 0) is 12.1 Å². The summed E-state index contributed by atoms with van der Waals surface area (Å²) >= 11 is 6.05. The minimum atomic E-state index is -0.490. The van der Waals surface area contributed by atoms with Crippen molar-refractivity contribution in [1.29, 1.82) is 0 Å². The van der Waals surface area contributed by atoms with Gasteiger partial charge in [0.15, 0.2) is 0 Å². The summed E-state index contributed by atoms with van der Waals surface area (Å²) in [6.07, 6.45) is 1.18. The number of carbonyl (C=O) groups excluding carboxylic acids is 2. The van der Waals surface area contributed by atoms with Crippen LogP contribution in [0.4, 0.5) is 5.69 Å². The largest absolute Gasteiger partial charge is 0.497 e. The summed E-state index contributed by atoms with van der Waals surface area (Å²) in [6.45, 7) is -0.308. The van der Waals surface area contributed by atoms with E-state index in [-0.39, 0.29) is 18.8 Å². The predicted octanol–water partition coefficient (Wildman–Crippen LogP) is 1.01. The number of halogens is 1. The van der Waals surface area contributed by atoms with Gasteiger partial charge in [-0.3, -0.25) is 14.5 Å². The van der Waals surface area contributed by atoms with Crippen molar-refractivity contribution in [1.82, 2.24) is 4.90 Å². The number of benzene rings is 1. The summed E-state index contributed by atoms with van der Waals surface area (Å²) in [5, 5.41) is 12.0. The van der Waals surface area contributed by atoms with Crippen LogP contribution in [-0.2, 0) is 9.59 Å². The van der Waals surface area contributed by atoms with E-state index >= 15 is 0 Å². The Balaban J connectivity index is 2.17. The zero-order chi connectivity index (χ0) is 14.7. The Kier molecular flexibility index (Phi) is 4.26. The van der Waals surface area contributed by atoms with Crippen LogP contribution in [0.25, 0.3) is 0 Å². The van der Waals surface area contributed by atoms with Gasteiger partial charge in [0.2, 0.25) is 0 Å². The van der Waals surface area contributed by atoms with E-state index < -0.39 is 11.8 Å². The summed E-state index contributed by atoms with van der Waals surface area (Å²) in [4.78, 5) is 24.5. The van der Waals surface area contributed by atoms with Gasteiger partial charge in [0.1, 0.15) is 11.4 Å². The van der Waals surface area contributed by atoms with Gasteiger partial charge in [-0.15, -0.1) is 0 Å². The van der Waals surface area contributed by atoms with Gasteiger partial charge < -0.3 is 15.2 Å². The second-order valence-electron chi connectivity index (χ2n) is 4.05. The second kappa shape index (κ2) is 5.94. The third-order valence-electron chi connectivity index (χ3n) is 2.78. The van der Waals surface area contributed by atoms with Crippen LogP contribution in [0.5, 0.6) is 5.75 Å². The fourth-order valence-electron chi connectivity index (χ4n) is 1.78. The van der Waals surface area contributed by atoms with Crippen LogP contribution < -0.4 is 10.1 Å². The fourth-order valence-corrected chi connectivity index (χ4v) is 2.00. The van der Waals surface area contributed by atoms with Crippen LogP contribution in [0.3, 0.4) is 0 Å². The number of amides is 2. The maximum absolute atomic E-state index is 11.9. The molecule has 0 spiro atoms. The average molecular weight is 297 g/mol. The number of nitrogens with one attached hydrogen (secondary N) is 1. The number of hydrogen-bond donors (Lipinski definition) is 2. The van der Waals surface area contributed by atoms with E-state index in [4.69, 9.17) is 21.4 Å². The Labute approximate surface area is 120 Å². The number of ether oxygens (including phenoxy) is 1. The maximum Gasteiger partial charge on any atom is 0.277 e. The van der Waals surface area contributed by atoms with E-state index in [1.54, 1.807) is 18.2 Å². The number of nitrogens with zero attached hydrogens (tertiary/aromatic N) is 1. The zero-order valence-corrected chi connectivity index (χ0v) is 11.5. The standard InChI is InChI=1S/C13H13ClN2O4/c1-20-8-2-3-10(9(14)6-8)15-11-7-12(18)16(4-5-17)13(11)19/h2-3,6-7,15,17H,4-5H2,1H3. The Morgan fingerprint density at radius 3 is 2.75 bits per heavy atom. The third-order valence-corrected chi connectivity index (χ3v) is 3.09. The first-order chi connectivity index (χ1) is 9.56. The smallest absolute Gasteiger partial charge is 0.277 e. The second-order valence-corrected chi connectivity index (χ2v) is 4.45. The first-order valence-corrected chi connectivity index (χ1v) is 6.23. The Morgan fingerprint density at radius 2 is 2.15 bits per heavy atom. The topological polar surface area (TPSA) is 78.9 Å². The Hall–Kier alpha value is -2.05. The summed E-state index contributed by atoms with van der Waals surface area (Å²) in [7, 11) is 1.52. The number of aliphatic hydroxyl groups is 1. The molecular formula is C13H13ClN2O4. The van der Waals surface area contributed by atoms with Crippen molar-refractivity contribution >= 4 is 29.1 Å². The summed E-state index contributed by atoms with van der Waals surface area (Å²) in [6, 6.07) is 4.92. The van der Waals surface area contributed by atoms with Crippen molar-refractivity contribution in [3.63, 3.8) is 0 Å². The molecule has 0 unspecified atom stereocenters. The molecule has 0 aliphatic carbocycles. The SMILES string of the molecule is COc1ccc(NC2=CC(=O)N(CCO)C2=O)c(Cl)c1. The molecule has 1 aliphatic rings. The minimum absolute atomic E-state index is 0.0321. The van der Waals surface area contributed by atoms with Gasteiger partial charge in [0.05, 0.1) is 31.0 Å². The van der Waals surface area contributed by atoms with Crippen LogP contribution in [0.2, 0.25) is 5.02 Å². The Morgan fingerprint density at radius 1 is 1.40 bits per heavy atom. The number of carbonyl (C=O) groups is 2. The van der Waals surface area contributed by atoms with Crippen LogP contribution >= 0.6 is 11.6 Å². The molecule has 0 saturated heterocycles. The van der Waals surface area contributed by atoms with E-state index in [0.717, 1.165) is 4.90 Å². The number of methoxy groups -OCH3 is 1. The summed E-state index contributed by atoms with van der Waals surface area (Å²) in [5.74, 6) is -0.364. The average Bonchev–Trinajstić information content (AvgIpc) is 2.69. The summed E-state index contributed by atoms with van der Waals surface area (Å²) < 4.78 is 5.02. The number of rotatable bonds is 5. The maximum atomic E-state index is 11.9. The molecule has 2 rings (SSSR count). The van der Waals surface area contributed by atoms with Gasteiger partial charge in [-0.1, -0.05) is 11.6 Å². The van der Waals surface area contributed by atoms with E-state index in [1.165, 1.54) is 13.2 Å². The molecule has 0 atom stereocenters. The lowest BCUT2D eigenvalue weighted by Crippen LogP contribution is -2.34. The molecule has 6 nitrogen and oxygen atoms in total. The van der Waals surface area contributed by atoms with Crippen molar-refractivity contribution in [3.05, 3.63) is 35.0 Å². The molecule has 1 aromatic carbocycles. The van der Waals surface area contributed by atoms with Crippen LogP contribution in [0, 0.1) is 0 Å². The highest BCUT2D eigenvalue weighted by Gasteiger charge is 2.30. The molecule has 1 aliphatic heterocycles. The Bertz CT molecular complexity index is 586. The summed E-state index contributed by atoms with van der Waals surface area (Å²) in [5.41, 5.74) is 0.612. The zero-order valence-electron chi connectivity index (χ0n) is 10.7. The number of aliphatic hydroxyl groups excluding tert-OH is 1. The molecule has 2 amide bonds. The van der Waals surface area contributed by atoms with E-state index in [0.29, 0.717) is 16.5 Å². The van der Waals surface area contributed by atoms with Crippen molar-refractivity contribution in [3.8, 4) is 5.75 Å². The van der Waals surface area contributed by atoms with Gasteiger partial charge >= 0.3 is 0 Å². The minimum Gasteiger partial charge on any atom is -0.497 e. The van der Waals surface area contributed by atoms with Gasteiger partial charge in [0, 0.05) is 12.1 Å². The number of hydrogen-bond acceptors (Lipinski definition) is 5. The van der Waals surface area contributed by atoms with E-state index in [1.807, 2.05) is 0 Å². The van der Waals surface area contributed by atoms with Crippen molar-refractivity contribution in [2.24, 2.45) is 0 Å². The quantitative estimate of drug-likeness (QED) is 0.793. The molecule has 1 heterocycles. The lowest BCUT2D eigenvalue weighted by atomic mass is 10.3. The molecule has 0 radical (unpaired) electrons. The highest BCUT2D eigenvalue weighted by Crippen LogP contribution is 2.28. The number of anilines is 1. The normalized spacial score (nSPS) is 14.6. The number of imide groups is 1. The van der Waals surface area contributed by atoms with Crippen molar-refractivity contribution < 1.29 is 19.4 Å². The van der Waals surface area contributed by atoms with Crippen molar-refractivity contribution in [2.75, 3.05) is 25.6 Å². The predicted molar refractivity (Wildman–Crippen MR) is 73.5 cm³/mol. The third kappa shape index (κ3) is 2.76.